The van der Waals surface area contributed by atoms with Crippen molar-refractivity contribution in [3.05, 3.63) is 29.8 Å². The summed E-state index contributed by atoms with van der Waals surface area (Å²) in [5.41, 5.74) is 1.15. The average Bonchev–Trinajstić information content (AvgIpc) is 2.49. The molecule has 0 saturated heterocycles. The molecule has 0 fully saturated rings. The minimum Gasteiger partial charge on any atom is -0.130 e. The van der Waals surface area contributed by atoms with Gasteiger partial charge >= 0.3 is 0 Å². The van der Waals surface area contributed by atoms with Crippen molar-refractivity contribution in [1.82, 2.24) is 0 Å². The van der Waals surface area contributed by atoms with E-state index < -0.39 is 0 Å². The fourth-order valence-corrected chi connectivity index (χ4v) is 2.67. The van der Waals surface area contributed by atoms with Crippen LogP contribution in [0.15, 0.2) is 29.2 Å². The third-order valence-corrected chi connectivity index (χ3v) is 4.18. The molecule has 0 heterocycles. The Kier molecular flexibility index (Phi) is 10.2. The first kappa shape index (κ1) is 17.2. The normalized spacial score (nSPS) is 10.1. The molecule has 1 rings (SSSR count). The van der Waals surface area contributed by atoms with E-state index in [4.69, 9.17) is 0 Å². The predicted octanol–water partition coefficient (Wildman–Crippen LogP) is 6.29. The molecule has 0 bridgehead atoms. The lowest BCUT2D eigenvalue weighted by molar-refractivity contribution is 0.579. The standard InChI is InChI=1S/C19H28S/c1-3-4-5-6-7-8-9-10-11-12-14-18-15-13-16-19(17-18)20-2/h13,15-17H,3-11H2,1-2H3. The summed E-state index contributed by atoms with van der Waals surface area (Å²) in [6.07, 6.45) is 14.1. The Labute approximate surface area is 129 Å². The summed E-state index contributed by atoms with van der Waals surface area (Å²) in [5, 5.41) is 0. The van der Waals surface area contributed by atoms with Gasteiger partial charge in [-0.05, 0) is 30.9 Å². The van der Waals surface area contributed by atoms with Crippen LogP contribution >= 0.6 is 11.8 Å². The van der Waals surface area contributed by atoms with Crippen LogP contribution in [0, 0.1) is 11.8 Å². The molecule has 0 aliphatic heterocycles. The molecular formula is C19H28S. The number of unbranched alkanes of at least 4 members (excludes halogenated alkanes) is 8. The van der Waals surface area contributed by atoms with Crippen LogP contribution in [-0.4, -0.2) is 6.26 Å². The predicted molar refractivity (Wildman–Crippen MR) is 92.3 cm³/mol. The third-order valence-electron chi connectivity index (χ3n) is 3.46. The summed E-state index contributed by atoms with van der Waals surface area (Å²) in [6.45, 7) is 2.27. The molecule has 1 aromatic carbocycles. The second-order valence-electron chi connectivity index (χ2n) is 5.26. The van der Waals surface area contributed by atoms with Crippen LogP contribution in [-0.2, 0) is 0 Å². The van der Waals surface area contributed by atoms with E-state index in [9.17, 15) is 0 Å². The Morgan fingerprint density at radius 1 is 0.950 bits per heavy atom. The maximum atomic E-state index is 3.30. The first-order valence-electron chi connectivity index (χ1n) is 7.99. The number of thioether (sulfide) groups is 1. The lowest BCUT2D eigenvalue weighted by Crippen LogP contribution is -1.80. The highest BCUT2D eigenvalue weighted by Crippen LogP contribution is 2.15. The van der Waals surface area contributed by atoms with Crippen molar-refractivity contribution in [2.75, 3.05) is 6.26 Å². The highest BCUT2D eigenvalue weighted by Gasteiger charge is 1.92. The summed E-state index contributed by atoms with van der Waals surface area (Å²) in [6, 6.07) is 8.49. The maximum absolute atomic E-state index is 3.30. The van der Waals surface area contributed by atoms with Gasteiger partial charge in [0.2, 0.25) is 0 Å². The Morgan fingerprint density at radius 2 is 1.65 bits per heavy atom. The van der Waals surface area contributed by atoms with Gasteiger partial charge in [-0.15, -0.1) is 11.8 Å². The molecule has 1 heteroatoms. The Balaban J connectivity index is 2.08. The molecule has 0 unspecified atom stereocenters. The van der Waals surface area contributed by atoms with Crippen LogP contribution in [0.3, 0.4) is 0 Å². The molecule has 0 aliphatic rings. The highest BCUT2D eigenvalue weighted by molar-refractivity contribution is 7.98. The molecule has 0 nitrogen and oxygen atoms in total. The van der Waals surface area contributed by atoms with Crippen LogP contribution in [0.5, 0.6) is 0 Å². The maximum Gasteiger partial charge on any atom is 0.0256 e. The van der Waals surface area contributed by atoms with Gasteiger partial charge in [0.15, 0.2) is 0 Å². The van der Waals surface area contributed by atoms with Gasteiger partial charge in [0, 0.05) is 16.9 Å². The minimum absolute atomic E-state index is 1.04. The van der Waals surface area contributed by atoms with Crippen molar-refractivity contribution in [3.63, 3.8) is 0 Å². The molecule has 20 heavy (non-hydrogen) atoms. The minimum atomic E-state index is 1.04. The van der Waals surface area contributed by atoms with Crippen molar-refractivity contribution in [2.24, 2.45) is 0 Å². The monoisotopic (exact) mass is 288 g/mol. The molecule has 0 saturated carbocycles. The fraction of sp³-hybridized carbons (Fsp3) is 0.579. The van der Waals surface area contributed by atoms with E-state index in [2.05, 4.69) is 49.3 Å². The number of hydrogen-bond donors (Lipinski definition) is 0. The van der Waals surface area contributed by atoms with Gasteiger partial charge in [-0.2, -0.15) is 0 Å². The molecule has 1 aromatic rings. The Hall–Kier alpha value is -0.870. The molecule has 0 aromatic heterocycles. The molecule has 0 spiro atoms. The van der Waals surface area contributed by atoms with Crippen LogP contribution in [0.1, 0.15) is 70.3 Å². The third kappa shape index (κ3) is 8.33. The lowest BCUT2D eigenvalue weighted by Gasteiger charge is -1.99. The summed E-state index contributed by atoms with van der Waals surface area (Å²) >= 11 is 1.77. The van der Waals surface area contributed by atoms with Crippen LogP contribution < -0.4 is 0 Å². The van der Waals surface area contributed by atoms with Crippen molar-refractivity contribution < 1.29 is 0 Å². The molecule has 0 amide bonds. The number of hydrogen-bond acceptors (Lipinski definition) is 1. The van der Waals surface area contributed by atoms with Gasteiger partial charge in [0.05, 0.1) is 0 Å². The summed E-state index contributed by atoms with van der Waals surface area (Å²) in [7, 11) is 0. The zero-order valence-corrected chi connectivity index (χ0v) is 13.9. The summed E-state index contributed by atoms with van der Waals surface area (Å²) in [5.74, 6) is 6.58. The summed E-state index contributed by atoms with van der Waals surface area (Å²) < 4.78 is 0. The van der Waals surface area contributed by atoms with Crippen molar-refractivity contribution in [1.29, 1.82) is 0 Å². The van der Waals surface area contributed by atoms with Gasteiger partial charge in [0.25, 0.3) is 0 Å². The first-order valence-corrected chi connectivity index (χ1v) is 9.22. The lowest BCUT2D eigenvalue weighted by atomic mass is 10.1. The fourth-order valence-electron chi connectivity index (χ4n) is 2.21. The van der Waals surface area contributed by atoms with Crippen LogP contribution in [0.25, 0.3) is 0 Å². The molecular weight excluding hydrogens is 260 g/mol. The molecule has 0 atom stereocenters. The van der Waals surface area contributed by atoms with Crippen LogP contribution in [0.2, 0.25) is 0 Å². The van der Waals surface area contributed by atoms with E-state index in [1.807, 2.05) is 0 Å². The largest absolute Gasteiger partial charge is 0.130 e. The quantitative estimate of drug-likeness (QED) is 0.292. The first-order chi connectivity index (χ1) is 9.86. The Bertz CT molecular complexity index is 411. The average molecular weight is 288 g/mol. The van der Waals surface area contributed by atoms with Gasteiger partial charge in [-0.25, -0.2) is 0 Å². The van der Waals surface area contributed by atoms with Crippen molar-refractivity contribution >= 4 is 11.8 Å². The second-order valence-corrected chi connectivity index (χ2v) is 6.14. The van der Waals surface area contributed by atoms with E-state index in [1.54, 1.807) is 11.8 Å². The highest BCUT2D eigenvalue weighted by atomic mass is 32.2. The topological polar surface area (TPSA) is 0 Å². The van der Waals surface area contributed by atoms with E-state index in [0.29, 0.717) is 0 Å². The van der Waals surface area contributed by atoms with Gasteiger partial charge < -0.3 is 0 Å². The summed E-state index contributed by atoms with van der Waals surface area (Å²) in [4.78, 5) is 1.30. The molecule has 0 N–H and O–H groups in total. The SMILES string of the molecule is CCCCCCCCCCC#Cc1cccc(SC)c1. The number of rotatable bonds is 9. The van der Waals surface area contributed by atoms with Crippen molar-refractivity contribution in [3.8, 4) is 11.8 Å². The van der Waals surface area contributed by atoms with E-state index in [-0.39, 0.29) is 0 Å². The zero-order valence-electron chi connectivity index (χ0n) is 13.1. The zero-order chi connectivity index (χ0) is 14.5. The smallest absolute Gasteiger partial charge is 0.0256 e. The van der Waals surface area contributed by atoms with Crippen molar-refractivity contribution in [2.45, 2.75) is 69.6 Å². The molecule has 110 valence electrons. The van der Waals surface area contributed by atoms with E-state index >= 15 is 0 Å². The van der Waals surface area contributed by atoms with Gasteiger partial charge in [-0.1, -0.05) is 69.8 Å². The number of benzene rings is 1. The van der Waals surface area contributed by atoms with Gasteiger partial charge in [-0.3, -0.25) is 0 Å². The van der Waals surface area contributed by atoms with E-state index in [1.165, 1.54) is 56.3 Å². The van der Waals surface area contributed by atoms with Crippen LogP contribution in [0.4, 0.5) is 0 Å². The molecule has 0 aliphatic carbocycles. The second kappa shape index (κ2) is 11.9. The Morgan fingerprint density at radius 3 is 2.35 bits per heavy atom. The van der Waals surface area contributed by atoms with Gasteiger partial charge in [0.1, 0.15) is 0 Å². The van der Waals surface area contributed by atoms with E-state index in [0.717, 1.165) is 12.0 Å². The molecule has 0 radical (unpaired) electrons.